The second kappa shape index (κ2) is 8.46. The van der Waals surface area contributed by atoms with E-state index in [1.54, 1.807) is 0 Å². The highest BCUT2D eigenvalue weighted by atomic mass is 14.9. The van der Waals surface area contributed by atoms with Crippen molar-refractivity contribution in [2.24, 2.45) is 11.8 Å². The minimum absolute atomic E-state index is 0.526. The molecule has 0 aliphatic heterocycles. The predicted octanol–water partition coefficient (Wildman–Crippen LogP) is 5.33. The fourth-order valence-electron chi connectivity index (χ4n) is 3.69. The lowest BCUT2D eigenvalue weighted by Crippen LogP contribution is -2.29. The van der Waals surface area contributed by atoms with Gasteiger partial charge in [-0.1, -0.05) is 76.3 Å². The molecule has 1 aromatic carbocycles. The highest BCUT2D eigenvalue weighted by Crippen LogP contribution is 2.33. The molecule has 0 heterocycles. The zero-order valence-corrected chi connectivity index (χ0v) is 13.3. The molecule has 2 rings (SSSR count). The van der Waals surface area contributed by atoms with Crippen LogP contribution in [0.15, 0.2) is 30.3 Å². The lowest BCUT2D eigenvalue weighted by molar-refractivity contribution is 0.258. The Morgan fingerprint density at radius 2 is 1.80 bits per heavy atom. The summed E-state index contributed by atoms with van der Waals surface area (Å²) in [6.07, 6.45) is 9.88. The van der Waals surface area contributed by atoms with Gasteiger partial charge in [0.05, 0.1) is 0 Å². The minimum Gasteiger partial charge on any atom is -0.310 e. The van der Waals surface area contributed by atoms with E-state index < -0.39 is 0 Å². The normalized spacial score (nSPS) is 19.7. The molecule has 0 radical (unpaired) electrons. The molecule has 0 spiro atoms. The molecule has 1 aromatic rings. The molecule has 0 bridgehead atoms. The molecule has 1 aliphatic rings. The maximum absolute atomic E-state index is 3.78. The third kappa shape index (κ3) is 4.63. The summed E-state index contributed by atoms with van der Waals surface area (Å²) in [6.45, 7) is 5.81. The Kier molecular flexibility index (Phi) is 6.59. The first-order valence-corrected chi connectivity index (χ1v) is 8.59. The Bertz CT molecular complexity index is 353. The Morgan fingerprint density at radius 3 is 2.45 bits per heavy atom. The van der Waals surface area contributed by atoms with Crippen molar-refractivity contribution in [2.75, 3.05) is 6.54 Å². The summed E-state index contributed by atoms with van der Waals surface area (Å²) in [5.41, 5.74) is 1.46. The van der Waals surface area contributed by atoms with E-state index in [0.717, 1.165) is 18.4 Å². The highest BCUT2D eigenvalue weighted by Gasteiger charge is 2.23. The highest BCUT2D eigenvalue weighted by molar-refractivity contribution is 5.19. The van der Waals surface area contributed by atoms with Gasteiger partial charge in [-0.3, -0.25) is 0 Å². The molecule has 0 aromatic heterocycles. The predicted molar refractivity (Wildman–Crippen MR) is 87.8 cm³/mol. The number of hydrogen-bond acceptors (Lipinski definition) is 1. The van der Waals surface area contributed by atoms with Crippen LogP contribution in [0.1, 0.15) is 70.4 Å². The van der Waals surface area contributed by atoms with Crippen molar-refractivity contribution >= 4 is 0 Å². The Morgan fingerprint density at radius 1 is 1.10 bits per heavy atom. The fraction of sp³-hybridized carbons (Fsp3) is 0.684. The number of hydrogen-bond donors (Lipinski definition) is 1. The minimum atomic E-state index is 0.526. The topological polar surface area (TPSA) is 12.0 Å². The standard InChI is InChI=1S/C19H31N/c1-3-14-20-19(18-12-8-5-9-13-18)16(2)15-17-10-6-4-7-11-17/h5,8-9,12-13,16-17,19-20H,3-4,6-7,10-11,14-15H2,1-2H3. The first kappa shape index (κ1) is 15.6. The fourth-order valence-corrected chi connectivity index (χ4v) is 3.69. The van der Waals surface area contributed by atoms with Crippen LogP contribution >= 0.6 is 0 Å². The summed E-state index contributed by atoms with van der Waals surface area (Å²) in [4.78, 5) is 0. The quantitative estimate of drug-likeness (QED) is 0.707. The summed E-state index contributed by atoms with van der Waals surface area (Å²) in [7, 11) is 0. The lowest BCUT2D eigenvalue weighted by Gasteiger charge is -2.30. The molecule has 112 valence electrons. The maximum atomic E-state index is 3.78. The zero-order valence-electron chi connectivity index (χ0n) is 13.3. The van der Waals surface area contributed by atoms with Gasteiger partial charge in [-0.15, -0.1) is 0 Å². The molecule has 0 saturated heterocycles. The van der Waals surface area contributed by atoms with E-state index in [2.05, 4.69) is 49.5 Å². The molecule has 1 nitrogen and oxygen atoms in total. The smallest absolute Gasteiger partial charge is 0.0346 e. The van der Waals surface area contributed by atoms with Crippen molar-refractivity contribution in [1.29, 1.82) is 0 Å². The van der Waals surface area contributed by atoms with E-state index >= 15 is 0 Å². The van der Waals surface area contributed by atoms with Crippen LogP contribution in [0.5, 0.6) is 0 Å². The number of nitrogens with one attached hydrogen (secondary N) is 1. The van der Waals surface area contributed by atoms with Gasteiger partial charge in [-0.25, -0.2) is 0 Å². The van der Waals surface area contributed by atoms with Gasteiger partial charge >= 0.3 is 0 Å². The second-order valence-corrected chi connectivity index (χ2v) is 6.56. The van der Waals surface area contributed by atoms with E-state index in [9.17, 15) is 0 Å². The van der Waals surface area contributed by atoms with Crippen LogP contribution in [0, 0.1) is 11.8 Å². The molecule has 2 atom stereocenters. The molecule has 0 amide bonds. The van der Waals surface area contributed by atoms with Gasteiger partial charge in [0.1, 0.15) is 0 Å². The van der Waals surface area contributed by atoms with Gasteiger partial charge in [0.25, 0.3) is 0 Å². The van der Waals surface area contributed by atoms with Crippen molar-refractivity contribution in [3.8, 4) is 0 Å². The maximum Gasteiger partial charge on any atom is 0.0346 e. The average molecular weight is 273 g/mol. The van der Waals surface area contributed by atoms with Crippen molar-refractivity contribution < 1.29 is 0 Å². The Hall–Kier alpha value is -0.820. The van der Waals surface area contributed by atoms with Gasteiger partial charge in [0.2, 0.25) is 0 Å². The molecule has 2 unspecified atom stereocenters. The SMILES string of the molecule is CCCNC(c1ccccc1)C(C)CC1CCCCC1. The third-order valence-corrected chi connectivity index (χ3v) is 4.77. The monoisotopic (exact) mass is 273 g/mol. The Balaban J connectivity index is 1.97. The molecular formula is C19H31N. The summed E-state index contributed by atoms with van der Waals surface area (Å²) in [5.74, 6) is 1.69. The molecule has 1 saturated carbocycles. The number of rotatable bonds is 7. The largest absolute Gasteiger partial charge is 0.310 e. The van der Waals surface area contributed by atoms with Gasteiger partial charge in [0.15, 0.2) is 0 Å². The van der Waals surface area contributed by atoms with E-state index in [1.165, 1.54) is 50.5 Å². The lowest BCUT2D eigenvalue weighted by atomic mass is 9.80. The average Bonchev–Trinajstić information content (AvgIpc) is 2.50. The summed E-state index contributed by atoms with van der Waals surface area (Å²) in [6, 6.07) is 11.5. The Labute approximate surface area is 125 Å². The van der Waals surface area contributed by atoms with Crippen LogP contribution in [0.25, 0.3) is 0 Å². The van der Waals surface area contributed by atoms with Crippen molar-refractivity contribution in [2.45, 2.75) is 64.8 Å². The number of benzene rings is 1. The summed E-state index contributed by atoms with van der Waals surface area (Å²) >= 11 is 0. The van der Waals surface area contributed by atoms with Crippen LogP contribution < -0.4 is 5.32 Å². The van der Waals surface area contributed by atoms with Crippen molar-refractivity contribution in [3.05, 3.63) is 35.9 Å². The summed E-state index contributed by atoms with van der Waals surface area (Å²) in [5, 5.41) is 3.78. The van der Waals surface area contributed by atoms with Gasteiger partial charge < -0.3 is 5.32 Å². The van der Waals surface area contributed by atoms with Gasteiger partial charge in [-0.2, -0.15) is 0 Å². The van der Waals surface area contributed by atoms with E-state index in [-0.39, 0.29) is 0 Å². The second-order valence-electron chi connectivity index (χ2n) is 6.56. The molecule has 1 aliphatic carbocycles. The van der Waals surface area contributed by atoms with Crippen LogP contribution in [-0.4, -0.2) is 6.54 Å². The van der Waals surface area contributed by atoms with E-state index in [4.69, 9.17) is 0 Å². The van der Waals surface area contributed by atoms with Crippen LogP contribution in [-0.2, 0) is 0 Å². The van der Waals surface area contributed by atoms with E-state index in [0.29, 0.717) is 6.04 Å². The molecule has 1 fully saturated rings. The third-order valence-electron chi connectivity index (χ3n) is 4.77. The van der Waals surface area contributed by atoms with Crippen LogP contribution in [0.4, 0.5) is 0 Å². The first-order chi connectivity index (χ1) is 9.81. The zero-order chi connectivity index (χ0) is 14.2. The first-order valence-electron chi connectivity index (χ1n) is 8.59. The van der Waals surface area contributed by atoms with Gasteiger partial charge in [-0.05, 0) is 36.8 Å². The molecule has 1 N–H and O–H groups in total. The van der Waals surface area contributed by atoms with Crippen molar-refractivity contribution in [3.63, 3.8) is 0 Å². The van der Waals surface area contributed by atoms with Crippen LogP contribution in [0.3, 0.4) is 0 Å². The summed E-state index contributed by atoms with van der Waals surface area (Å²) < 4.78 is 0. The van der Waals surface area contributed by atoms with Crippen LogP contribution in [0.2, 0.25) is 0 Å². The van der Waals surface area contributed by atoms with Gasteiger partial charge in [0, 0.05) is 6.04 Å². The molecular weight excluding hydrogens is 242 g/mol. The molecule has 1 heteroatoms. The van der Waals surface area contributed by atoms with Crippen molar-refractivity contribution in [1.82, 2.24) is 5.32 Å². The molecule has 20 heavy (non-hydrogen) atoms. The van der Waals surface area contributed by atoms with E-state index in [1.807, 2.05) is 0 Å².